The van der Waals surface area contributed by atoms with Crippen LogP contribution in [0.25, 0.3) is 10.9 Å². The lowest BCUT2D eigenvalue weighted by molar-refractivity contribution is 0.0502. The number of nitrogens with one attached hydrogen (secondary N) is 4. The molecule has 1 aromatic heterocycles. The smallest absolute Gasteiger partial charge is 0.254 e. The first-order chi connectivity index (χ1) is 24.9. The van der Waals surface area contributed by atoms with Crippen molar-refractivity contribution in [2.24, 2.45) is 0 Å². The molecule has 7 rings (SSSR count). The van der Waals surface area contributed by atoms with E-state index >= 15 is 0 Å². The van der Waals surface area contributed by atoms with Crippen LogP contribution >= 0.6 is 23.2 Å². The van der Waals surface area contributed by atoms with E-state index in [0.29, 0.717) is 44.6 Å². The van der Waals surface area contributed by atoms with Crippen LogP contribution in [0.3, 0.4) is 0 Å². The number of benzene rings is 3. The first-order valence-electron chi connectivity index (χ1n) is 17.6. The Morgan fingerprint density at radius 2 is 1.81 bits per heavy atom. The van der Waals surface area contributed by atoms with E-state index in [4.69, 9.17) is 23.2 Å². The summed E-state index contributed by atoms with van der Waals surface area (Å²) in [5, 5.41) is 20.0. The van der Waals surface area contributed by atoms with Crippen molar-refractivity contribution in [1.29, 1.82) is 5.26 Å². The molecule has 2 atom stereocenters. The number of hydrogen-bond donors (Lipinski definition) is 4. The molecule has 52 heavy (non-hydrogen) atoms. The maximum Gasteiger partial charge on any atom is 0.254 e. The molecule has 4 aromatic rings. The maximum absolute atomic E-state index is 14.0. The van der Waals surface area contributed by atoms with Crippen LogP contribution in [0.1, 0.15) is 74.5 Å². The van der Waals surface area contributed by atoms with E-state index < -0.39 is 11.9 Å². The van der Waals surface area contributed by atoms with Crippen LogP contribution < -0.4 is 21.6 Å². The molecule has 10 nitrogen and oxygen atoms in total. The second-order valence-electron chi connectivity index (χ2n) is 14.7. The molecule has 2 fully saturated rings. The van der Waals surface area contributed by atoms with Gasteiger partial charge in [-0.3, -0.25) is 19.7 Å². The number of pyridine rings is 1. The summed E-state index contributed by atoms with van der Waals surface area (Å²) in [6, 6.07) is 18.0. The lowest BCUT2D eigenvalue weighted by Crippen LogP contribution is -2.52. The predicted octanol–water partition coefficient (Wildman–Crippen LogP) is 8.11. The monoisotopic (exact) mass is 741 g/mol. The lowest BCUT2D eigenvalue weighted by Gasteiger charge is -2.42. The highest BCUT2D eigenvalue weighted by molar-refractivity contribution is 6.36. The van der Waals surface area contributed by atoms with Gasteiger partial charge in [0.05, 0.1) is 38.6 Å². The highest BCUT2D eigenvalue weighted by Gasteiger charge is 2.33. The van der Waals surface area contributed by atoms with E-state index in [2.05, 4.69) is 76.5 Å². The number of hydrogen-bond acceptors (Lipinski definition) is 9. The quantitative estimate of drug-likeness (QED) is 0.142. The summed E-state index contributed by atoms with van der Waals surface area (Å²) in [5.41, 5.74) is 11.7. The molecule has 0 radical (unpaired) electrons. The number of nitriles is 1. The van der Waals surface area contributed by atoms with Crippen molar-refractivity contribution in [2.45, 2.75) is 70.6 Å². The normalized spacial score (nSPS) is 18.7. The van der Waals surface area contributed by atoms with Crippen molar-refractivity contribution in [1.82, 2.24) is 30.8 Å². The summed E-state index contributed by atoms with van der Waals surface area (Å²) in [6.07, 6.45) is 6.58. The van der Waals surface area contributed by atoms with Crippen LogP contribution in [0.5, 0.6) is 0 Å². The number of likely N-dealkylation sites (tertiary alicyclic amines) is 2. The molecule has 0 saturated carbocycles. The summed E-state index contributed by atoms with van der Waals surface area (Å²) in [6.45, 7) is 11.6. The van der Waals surface area contributed by atoms with E-state index in [-0.39, 0.29) is 28.1 Å². The van der Waals surface area contributed by atoms with E-state index in [9.17, 15) is 14.4 Å². The highest BCUT2D eigenvalue weighted by atomic mass is 35.5. The Balaban J connectivity index is 1.25. The third kappa shape index (κ3) is 7.21. The van der Waals surface area contributed by atoms with Gasteiger partial charge in [0.1, 0.15) is 11.9 Å². The van der Waals surface area contributed by atoms with Gasteiger partial charge in [-0.15, -0.1) is 5.53 Å². The van der Waals surface area contributed by atoms with Gasteiger partial charge in [0.2, 0.25) is 0 Å². The molecular weight excluding hydrogens is 700 g/mol. The standard InChI is InChI=1S/C39H42Cl2FN9O/c1-23-10-15-50(23)38(52)25-7-5-6-24(16-25)36(34-22-51(48-47-34)29-11-13-49(14-12-29)39(2,3)4)46-28-17-30-35(45-27-8-9-33(42)31(40)18-27)26(20-43)21-44-37(30)32(41)19-28/h5-9,16-19,21-23,29,36,46-48H,10-15H2,1-4H3,(H,44,45)/t23?,36-/m0/s1. The second-order valence-corrected chi connectivity index (χ2v) is 15.5. The Morgan fingerprint density at radius 1 is 1.04 bits per heavy atom. The van der Waals surface area contributed by atoms with Crippen molar-refractivity contribution < 1.29 is 9.18 Å². The second kappa shape index (κ2) is 14.4. The van der Waals surface area contributed by atoms with Crippen LogP contribution in [-0.2, 0) is 0 Å². The van der Waals surface area contributed by atoms with Gasteiger partial charge in [0.25, 0.3) is 5.91 Å². The number of aromatic nitrogens is 1. The van der Waals surface area contributed by atoms with Gasteiger partial charge in [-0.1, -0.05) is 35.3 Å². The molecule has 3 aliphatic rings. The Morgan fingerprint density at radius 3 is 2.48 bits per heavy atom. The number of fused-ring (bicyclic) bond motifs is 1. The molecule has 1 amide bonds. The van der Waals surface area contributed by atoms with E-state index in [0.717, 1.165) is 50.2 Å². The Labute approximate surface area is 313 Å². The molecule has 270 valence electrons. The minimum Gasteiger partial charge on any atom is -0.373 e. The number of hydrazine groups is 2. The van der Waals surface area contributed by atoms with Crippen molar-refractivity contribution >= 4 is 57.1 Å². The number of amides is 1. The molecular formula is C39H42Cl2FN9O. The molecule has 0 aliphatic carbocycles. The average molecular weight is 743 g/mol. The van der Waals surface area contributed by atoms with Crippen molar-refractivity contribution in [3.05, 3.63) is 105 Å². The van der Waals surface area contributed by atoms with Gasteiger partial charge < -0.3 is 21.0 Å². The van der Waals surface area contributed by atoms with Gasteiger partial charge in [-0.2, -0.15) is 5.26 Å². The van der Waals surface area contributed by atoms with Gasteiger partial charge in [-0.05, 0) is 95.0 Å². The molecule has 13 heteroatoms. The fourth-order valence-corrected chi connectivity index (χ4v) is 7.57. The van der Waals surface area contributed by atoms with Gasteiger partial charge in [-0.25, -0.2) is 4.39 Å². The zero-order valence-electron chi connectivity index (χ0n) is 29.6. The molecule has 4 heterocycles. The maximum atomic E-state index is 14.0. The van der Waals surface area contributed by atoms with Crippen molar-refractivity contribution in [2.75, 3.05) is 30.3 Å². The summed E-state index contributed by atoms with van der Waals surface area (Å²) in [7, 11) is 0. The third-order valence-electron chi connectivity index (χ3n) is 10.3. The van der Waals surface area contributed by atoms with E-state index in [1.807, 2.05) is 35.2 Å². The number of rotatable bonds is 8. The fraction of sp³-hybridized carbons (Fsp3) is 0.359. The highest BCUT2D eigenvalue weighted by Crippen LogP contribution is 2.38. The van der Waals surface area contributed by atoms with Gasteiger partial charge in [0, 0.05) is 72.0 Å². The van der Waals surface area contributed by atoms with Crippen LogP contribution in [0.4, 0.5) is 21.5 Å². The summed E-state index contributed by atoms with van der Waals surface area (Å²) in [4.78, 5) is 22.4. The molecule has 2 saturated heterocycles. The number of carbonyl (C=O) groups is 1. The first-order valence-corrected chi connectivity index (χ1v) is 18.3. The van der Waals surface area contributed by atoms with E-state index in [1.54, 1.807) is 12.1 Å². The number of carbonyl (C=O) groups excluding carboxylic acids is 1. The molecule has 1 unspecified atom stereocenters. The predicted molar refractivity (Wildman–Crippen MR) is 205 cm³/mol. The zero-order chi connectivity index (χ0) is 36.7. The van der Waals surface area contributed by atoms with Gasteiger partial charge >= 0.3 is 0 Å². The average Bonchev–Trinajstić information content (AvgIpc) is 3.61. The van der Waals surface area contributed by atoms with Gasteiger partial charge in [0.15, 0.2) is 0 Å². The zero-order valence-corrected chi connectivity index (χ0v) is 31.1. The topological polar surface area (TPSA) is 112 Å². The fourth-order valence-electron chi connectivity index (χ4n) is 7.12. The molecule has 3 aromatic carbocycles. The Kier molecular flexibility index (Phi) is 9.93. The van der Waals surface area contributed by atoms with Crippen molar-refractivity contribution in [3.8, 4) is 6.07 Å². The van der Waals surface area contributed by atoms with Crippen LogP contribution in [0.15, 0.2) is 72.7 Å². The SMILES string of the molecule is CC1CCN1C(=O)c1cccc([C@H](Nc2cc(Cl)c3ncc(C#N)c(Nc4ccc(F)c(Cl)c4)c3c2)C2=CN(C3CCN(C(C)(C)C)CC3)NN2)c1. The lowest BCUT2D eigenvalue weighted by atomic mass is 9.97. The number of piperidine rings is 1. The first kappa shape index (κ1) is 35.8. The Bertz CT molecular complexity index is 2090. The summed E-state index contributed by atoms with van der Waals surface area (Å²) >= 11 is 13.0. The van der Waals surface area contributed by atoms with E-state index in [1.165, 1.54) is 18.3 Å². The molecule has 0 bridgehead atoms. The number of nitrogens with zero attached hydrogens (tertiary/aromatic N) is 5. The molecule has 3 aliphatic heterocycles. The summed E-state index contributed by atoms with van der Waals surface area (Å²) < 4.78 is 14.0. The van der Waals surface area contributed by atoms with Crippen LogP contribution in [-0.4, -0.2) is 63.0 Å². The summed E-state index contributed by atoms with van der Waals surface area (Å²) in [5.74, 6) is -0.533. The number of halogens is 3. The van der Waals surface area contributed by atoms with Crippen LogP contribution in [0, 0.1) is 17.1 Å². The Hall–Kier alpha value is -4.60. The minimum atomic E-state index is -0.545. The minimum absolute atomic E-state index is 0.0125. The molecule has 0 spiro atoms. The van der Waals surface area contributed by atoms with Crippen LogP contribution in [0.2, 0.25) is 10.0 Å². The molecule has 4 N–H and O–H groups in total. The number of anilines is 3. The van der Waals surface area contributed by atoms with Crippen molar-refractivity contribution in [3.63, 3.8) is 0 Å². The third-order valence-corrected chi connectivity index (χ3v) is 10.9. The largest absolute Gasteiger partial charge is 0.373 e.